The average molecular weight is 287 g/mol. The van der Waals surface area contributed by atoms with Gasteiger partial charge in [-0.25, -0.2) is 0 Å². The molecule has 0 bridgehead atoms. The number of likely N-dealkylation sites (tertiary alicyclic amines) is 1. The molecule has 98 valence electrons. The fourth-order valence-corrected chi connectivity index (χ4v) is 2.64. The van der Waals surface area contributed by atoms with Crippen molar-refractivity contribution in [2.45, 2.75) is 12.8 Å². The number of piperidine rings is 1. The van der Waals surface area contributed by atoms with E-state index >= 15 is 0 Å². The molecule has 1 unspecified atom stereocenters. The zero-order valence-electron chi connectivity index (χ0n) is 10.0. The number of nitrogens with two attached hydrogens (primary N) is 1. The van der Waals surface area contributed by atoms with Gasteiger partial charge in [-0.05, 0) is 43.5 Å². The fraction of sp³-hybridized carbons (Fsp3) is 0.462. The van der Waals surface area contributed by atoms with Crippen molar-refractivity contribution >= 4 is 29.1 Å². The normalized spacial score (nSPS) is 19.9. The van der Waals surface area contributed by atoms with Gasteiger partial charge in [0.1, 0.15) is 0 Å². The minimum atomic E-state index is -0.0550. The Morgan fingerprint density at radius 2 is 2.22 bits per heavy atom. The van der Waals surface area contributed by atoms with E-state index in [9.17, 15) is 4.79 Å². The maximum atomic E-state index is 12.4. The quantitative estimate of drug-likeness (QED) is 0.909. The highest BCUT2D eigenvalue weighted by atomic mass is 35.5. The lowest BCUT2D eigenvalue weighted by Gasteiger charge is -2.32. The standard InChI is InChI=1S/C13H16Cl2N2O/c14-10-3-4-12(15)11(6-10)13(18)17-5-1-2-9(7-16)8-17/h3-4,6,9H,1-2,5,7-8,16H2. The second-order valence-corrected chi connectivity index (χ2v) is 5.46. The number of nitrogens with zero attached hydrogens (tertiary/aromatic N) is 1. The molecule has 1 aromatic rings. The molecule has 1 aliphatic heterocycles. The van der Waals surface area contributed by atoms with Crippen LogP contribution in [0.1, 0.15) is 23.2 Å². The molecule has 2 rings (SSSR count). The minimum Gasteiger partial charge on any atom is -0.338 e. The number of rotatable bonds is 2. The summed E-state index contributed by atoms with van der Waals surface area (Å²) in [5, 5.41) is 0.967. The molecule has 5 heteroatoms. The highest BCUT2D eigenvalue weighted by Crippen LogP contribution is 2.24. The molecule has 1 aliphatic rings. The number of carbonyl (C=O) groups is 1. The summed E-state index contributed by atoms with van der Waals surface area (Å²) >= 11 is 12.0. The van der Waals surface area contributed by atoms with Crippen molar-refractivity contribution in [1.82, 2.24) is 4.90 Å². The summed E-state index contributed by atoms with van der Waals surface area (Å²) in [6, 6.07) is 4.96. The van der Waals surface area contributed by atoms with Crippen molar-refractivity contribution in [3.63, 3.8) is 0 Å². The molecule has 0 saturated carbocycles. The molecule has 1 heterocycles. The Hall–Kier alpha value is -0.770. The Bertz CT molecular complexity index is 451. The molecule has 1 aromatic carbocycles. The van der Waals surface area contributed by atoms with Gasteiger partial charge >= 0.3 is 0 Å². The van der Waals surface area contributed by atoms with E-state index in [1.165, 1.54) is 0 Å². The molecule has 0 aromatic heterocycles. The molecule has 1 atom stereocenters. The van der Waals surface area contributed by atoms with Crippen LogP contribution in [-0.4, -0.2) is 30.4 Å². The first-order valence-corrected chi connectivity index (χ1v) is 6.82. The maximum Gasteiger partial charge on any atom is 0.255 e. The van der Waals surface area contributed by atoms with Gasteiger partial charge in [0.05, 0.1) is 10.6 Å². The first kappa shape index (κ1) is 13.7. The molecule has 1 amide bonds. The molecule has 0 spiro atoms. The van der Waals surface area contributed by atoms with Crippen LogP contribution in [0, 0.1) is 5.92 Å². The first-order chi connectivity index (χ1) is 8.61. The molecular weight excluding hydrogens is 271 g/mol. The van der Waals surface area contributed by atoms with Crippen molar-refractivity contribution in [3.8, 4) is 0 Å². The zero-order chi connectivity index (χ0) is 13.1. The summed E-state index contributed by atoms with van der Waals surface area (Å²) in [5.74, 6) is 0.335. The fourth-order valence-electron chi connectivity index (χ4n) is 2.27. The number of carbonyl (C=O) groups excluding carboxylic acids is 1. The second kappa shape index (κ2) is 5.91. The Morgan fingerprint density at radius 3 is 2.94 bits per heavy atom. The second-order valence-electron chi connectivity index (χ2n) is 4.62. The van der Waals surface area contributed by atoms with Crippen LogP contribution < -0.4 is 5.73 Å². The van der Waals surface area contributed by atoms with Crippen LogP contribution in [-0.2, 0) is 0 Å². The van der Waals surface area contributed by atoms with Crippen LogP contribution >= 0.6 is 23.2 Å². The van der Waals surface area contributed by atoms with Crippen LogP contribution in [0.25, 0.3) is 0 Å². The summed E-state index contributed by atoms with van der Waals surface area (Å²) in [5.41, 5.74) is 6.15. The van der Waals surface area contributed by atoms with Gasteiger partial charge in [0, 0.05) is 18.1 Å². The van der Waals surface area contributed by atoms with Gasteiger partial charge in [-0.15, -0.1) is 0 Å². The topological polar surface area (TPSA) is 46.3 Å². The molecule has 0 aliphatic carbocycles. The van der Waals surface area contributed by atoms with Crippen LogP contribution in [0.3, 0.4) is 0 Å². The smallest absolute Gasteiger partial charge is 0.255 e. The van der Waals surface area contributed by atoms with Gasteiger partial charge in [0.15, 0.2) is 0 Å². The minimum absolute atomic E-state index is 0.0550. The Morgan fingerprint density at radius 1 is 1.44 bits per heavy atom. The van der Waals surface area contributed by atoms with Crippen molar-refractivity contribution in [2.75, 3.05) is 19.6 Å². The van der Waals surface area contributed by atoms with Gasteiger partial charge in [-0.2, -0.15) is 0 Å². The summed E-state index contributed by atoms with van der Waals surface area (Å²) in [4.78, 5) is 14.2. The lowest BCUT2D eigenvalue weighted by Crippen LogP contribution is -2.42. The number of halogens is 2. The third kappa shape index (κ3) is 2.97. The summed E-state index contributed by atoms with van der Waals surface area (Å²) in [6.45, 7) is 2.09. The predicted molar refractivity (Wildman–Crippen MR) is 74.1 cm³/mol. The number of hydrogen-bond acceptors (Lipinski definition) is 2. The van der Waals surface area contributed by atoms with E-state index in [1.807, 2.05) is 4.90 Å². The van der Waals surface area contributed by atoms with Gasteiger partial charge < -0.3 is 10.6 Å². The number of benzene rings is 1. The van der Waals surface area contributed by atoms with Crippen molar-refractivity contribution < 1.29 is 4.79 Å². The van der Waals surface area contributed by atoms with Crippen molar-refractivity contribution in [3.05, 3.63) is 33.8 Å². The summed E-state index contributed by atoms with van der Waals surface area (Å²) < 4.78 is 0. The van der Waals surface area contributed by atoms with Crippen molar-refractivity contribution in [1.29, 1.82) is 0 Å². The van der Waals surface area contributed by atoms with E-state index in [0.29, 0.717) is 34.6 Å². The summed E-state index contributed by atoms with van der Waals surface area (Å²) in [7, 11) is 0. The lowest BCUT2D eigenvalue weighted by atomic mass is 9.97. The number of amides is 1. The molecular formula is C13H16Cl2N2O. The SMILES string of the molecule is NCC1CCCN(C(=O)c2cc(Cl)ccc2Cl)C1. The largest absolute Gasteiger partial charge is 0.338 e. The van der Waals surface area contributed by atoms with Crippen molar-refractivity contribution in [2.24, 2.45) is 11.7 Å². The molecule has 2 N–H and O–H groups in total. The van der Waals surface area contributed by atoms with Gasteiger partial charge in [-0.1, -0.05) is 23.2 Å². The third-order valence-electron chi connectivity index (χ3n) is 3.30. The van der Waals surface area contributed by atoms with E-state index in [0.717, 1.165) is 19.4 Å². The Labute approximate surface area is 117 Å². The third-order valence-corrected chi connectivity index (χ3v) is 3.86. The first-order valence-electron chi connectivity index (χ1n) is 6.06. The Balaban J connectivity index is 2.17. The maximum absolute atomic E-state index is 12.4. The molecule has 1 fully saturated rings. The highest BCUT2D eigenvalue weighted by molar-refractivity contribution is 6.35. The van der Waals surface area contributed by atoms with Crippen LogP contribution in [0.4, 0.5) is 0 Å². The van der Waals surface area contributed by atoms with E-state index in [-0.39, 0.29) is 5.91 Å². The van der Waals surface area contributed by atoms with Gasteiger partial charge in [0.2, 0.25) is 0 Å². The van der Waals surface area contributed by atoms with E-state index in [1.54, 1.807) is 18.2 Å². The van der Waals surface area contributed by atoms with E-state index < -0.39 is 0 Å². The van der Waals surface area contributed by atoms with E-state index in [2.05, 4.69) is 0 Å². The zero-order valence-corrected chi connectivity index (χ0v) is 11.5. The van der Waals surface area contributed by atoms with Crippen LogP contribution in [0.2, 0.25) is 10.0 Å². The van der Waals surface area contributed by atoms with E-state index in [4.69, 9.17) is 28.9 Å². The molecule has 3 nitrogen and oxygen atoms in total. The average Bonchev–Trinajstić information content (AvgIpc) is 2.41. The molecule has 0 radical (unpaired) electrons. The van der Waals surface area contributed by atoms with Crippen LogP contribution in [0.15, 0.2) is 18.2 Å². The molecule has 1 saturated heterocycles. The Kier molecular flexibility index (Phi) is 4.49. The van der Waals surface area contributed by atoms with Crippen LogP contribution in [0.5, 0.6) is 0 Å². The monoisotopic (exact) mass is 286 g/mol. The number of hydrogen-bond donors (Lipinski definition) is 1. The lowest BCUT2D eigenvalue weighted by molar-refractivity contribution is 0.0678. The predicted octanol–water partition coefficient (Wildman–Crippen LogP) is 2.80. The molecule has 18 heavy (non-hydrogen) atoms. The van der Waals surface area contributed by atoms with Gasteiger partial charge in [-0.3, -0.25) is 4.79 Å². The van der Waals surface area contributed by atoms with Gasteiger partial charge in [0.25, 0.3) is 5.91 Å². The summed E-state index contributed by atoms with van der Waals surface area (Å²) in [6.07, 6.45) is 2.08. The highest BCUT2D eigenvalue weighted by Gasteiger charge is 2.25.